The van der Waals surface area contributed by atoms with Gasteiger partial charge < -0.3 is 9.80 Å². The van der Waals surface area contributed by atoms with Gasteiger partial charge in [-0.25, -0.2) is 0 Å². The van der Waals surface area contributed by atoms with Crippen molar-refractivity contribution in [1.82, 2.24) is 5.32 Å². The number of rotatable bonds is 29. The van der Waals surface area contributed by atoms with Gasteiger partial charge in [0.1, 0.15) is 6.54 Å². The molecule has 1 heterocycles. The molecule has 0 amide bonds. The van der Waals surface area contributed by atoms with Crippen molar-refractivity contribution < 1.29 is 9.28 Å². The first-order valence-electron chi connectivity index (χ1n) is 19.7. The molecule has 1 N–H and O–H groups in total. The zero-order valence-corrected chi connectivity index (χ0v) is 29.5. The van der Waals surface area contributed by atoms with Crippen LogP contribution in [0.2, 0.25) is 0 Å². The van der Waals surface area contributed by atoms with Gasteiger partial charge in [0.2, 0.25) is 5.78 Å². The van der Waals surface area contributed by atoms with E-state index in [4.69, 9.17) is 0 Å². The van der Waals surface area contributed by atoms with Crippen LogP contribution in [0.15, 0.2) is 0 Å². The second-order valence-electron chi connectivity index (χ2n) is 14.5. The molecule has 1 fully saturated rings. The zero-order chi connectivity index (χ0) is 30.4. The van der Waals surface area contributed by atoms with E-state index in [1.807, 2.05) is 0 Å². The number of quaternary nitrogens is 1. The molecule has 0 aliphatic carbocycles. The highest BCUT2D eigenvalue weighted by Crippen LogP contribution is 2.18. The van der Waals surface area contributed by atoms with Gasteiger partial charge in [0.05, 0.1) is 26.2 Å². The number of hydrogen-bond donors (Lipinski definition) is 1. The lowest BCUT2D eigenvalue weighted by Gasteiger charge is -2.35. The van der Waals surface area contributed by atoms with Crippen molar-refractivity contribution in [2.75, 3.05) is 33.2 Å². The molecule has 1 saturated heterocycles. The Labute approximate surface area is 265 Å². The quantitative estimate of drug-likeness (QED) is 0.0692. The summed E-state index contributed by atoms with van der Waals surface area (Å²) in [5.41, 5.74) is 0. The average molecular weight is 592 g/mol. The molecule has 250 valence electrons. The fourth-order valence-corrected chi connectivity index (χ4v) is 7.08. The maximum Gasteiger partial charge on any atom is 0.203 e. The Morgan fingerprint density at radius 2 is 0.881 bits per heavy atom. The van der Waals surface area contributed by atoms with Crippen molar-refractivity contribution in [2.24, 2.45) is 0 Å². The molecule has 0 radical (unpaired) electrons. The Balaban J connectivity index is 2.34. The molecule has 1 aliphatic heterocycles. The topological polar surface area (TPSA) is 29.1 Å². The summed E-state index contributed by atoms with van der Waals surface area (Å²) < 4.78 is 0.979. The van der Waals surface area contributed by atoms with E-state index in [0.29, 0.717) is 5.78 Å². The van der Waals surface area contributed by atoms with Crippen LogP contribution in [0.1, 0.15) is 206 Å². The number of carbonyl (C=O) groups is 1. The van der Waals surface area contributed by atoms with E-state index in [0.717, 1.165) is 24.0 Å². The number of hydrogen-bond acceptors (Lipinski definition) is 2. The molecular formula is C39H79N2O+. The molecule has 0 bridgehead atoms. The Bertz CT molecular complexity index is 539. The van der Waals surface area contributed by atoms with Crippen LogP contribution < -0.4 is 5.32 Å². The highest BCUT2D eigenvalue weighted by Gasteiger charge is 2.29. The van der Waals surface area contributed by atoms with Gasteiger partial charge in [-0.2, -0.15) is 0 Å². The van der Waals surface area contributed by atoms with Gasteiger partial charge in [-0.3, -0.25) is 4.79 Å². The molecule has 3 nitrogen and oxygen atoms in total. The Hall–Kier alpha value is -0.410. The lowest BCUT2D eigenvalue weighted by Crippen LogP contribution is -2.53. The zero-order valence-electron chi connectivity index (χ0n) is 29.5. The predicted octanol–water partition coefficient (Wildman–Crippen LogP) is 11.7. The highest BCUT2D eigenvalue weighted by molar-refractivity contribution is 5.85. The molecule has 0 aromatic rings. The summed E-state index contributed by atoms with van der Waals surface area (Å²) >= 11 is 0. The maximum atomic E-state index is 13.5. The van der Waals surface area contributed by atoms with E-state index in [9.17, 15) is 4.79 Å². The van der Waals surface area contributed by atoms with Crippen molar-refractivity contribution >= 4 is 5.78 Å². The smallest absolute Gasteiger partial charge is 0.203 e. The van der Waals surface area contributed by atoms with Crippen LogP contribution in [-0.4, -0.2) is 49.5 Å². The summed E-state index contributed by atoms with van der Waals surface area (Å²) in [4.78, 5) is 13.5. The lowest BCUT2D eigenvalue weighted by atomic mass is 10.0. The third-order valence-corrected chi connectivity index (χ3v) is 10.1. The molecule has 1 rings (SSSR count). The van der Waals surface area contributed by atoms with Crippen LogP contribution in [0.3, 0.4) is 0 Å². The third-order valence-electron chi connectivity index (χ3n) is 10.1. The molecule has 42 heavy (non-hydrogen) atoms. The van der Waals surface area contributed by atoms with Gasteiger partial charge in [0, 0.05) is 0 Å². The van der Waals surface area contributed by atoms with Crippen molar-refractivity contribution in [3.8, 4) is 0 Å². The fraction of sp³-hybridized carbons (Fsp3) is 0.974. The molecule has 0 aromatic heterocycles. The second-order valence-corrected chi connectivity index (χ2v) is 14.5. The van der Waals surface area contributed by atoms with Gasteiger partial charge in [-0.1, -0.05) is 168 Å². The SMILES string of the molecule is CCCCCCCCCCCCCC[N+](C)(CCCCCCCCCCCCCC)CC(=O)C1CCCCCCCN1. The Morgan fingerprint density at radius 1 is 0.524 bits per heavy atom. The lowest BCUT2D eigenvalue weighted by molar-refractivity contribution is -0.902. The highest BCUT2D eigenvalue weighted by atomic mass is 16.1. The molecule has 0 aromatic carbocycles. The number of nitrogens with zero attached hydrogens (tertiary/aromatic N) is 1. The summed E-state index contributed by atoms with van der Waals surface area (Å²) in [6.45, 7) is 8.75. The second kappa shape index (κ2) is 29.3. The van der Waals surface area contributed by atoms with Gasteiger partial charge in [-0.05, 0) is 45.1 Å². The molecule has 1 unspecified atom stereocenters. The third kappa shape index (κ3) is 24.0. The van der Waals surface area contributed by atoms with E-state index >= 15 is 0 Å². The monoisotopic (exact) mass is 592 g/mol. The normalized spacial score (nSPS) is 16.7. The van der Waals surface area contributed by atoms with Crippen molar-refractivity contribution in [3.05, 3.63) is 0 Å². The van der Waals surface area contributed by atoms with Crippen molar-refractivity contribution in [2.45, 2.75) is 213 Å². The van der Waals surface area contributed by atoms with Crippen molar-refractivity contribution in [3.63, 3.8) is 0 Å². The number of unbranched alkanes of at least 4 members (excludes halogenated alkanes) is 22. The van der Waals surface area contributed by atoms with E-state index in [1.54, 1.807) is 0 Å². The first-order valence-corrected chi connectivity index (χ1v) is 19.7. The summed E-state index contributed by atoms with van der Waals surface area (Å²) in [7, 11) is 2.41. The summed E-state index contributed by atoms with van der Waals surface area (Å²) in [5, 5.41) is 3.65. The number of carbonyl (C=O) groups excluding carboxylic acids is 1. The van der Waals surface area contributed by atoms with Crippen LogP contribution in [0.4, 0.5) is 0 Å². The van der Waals surface area contributed by atoms with Gasteiger partial charge in [0.15, 0.2) is 0 Å². The van der Waals surface area contributed by atoms with Crippen LogP contribution in [0.5, 0.6) is 0 Å². The standard InChI is InChI=1S/C39H79N2O/c1-4-6-8-10-12-14-16-18-20-22-27-31-35-41(3,37-39(42)38-33-29-25-24-26-30-34-40-38)36-32-28-23-21-19-17-15-13-11-9-7-5-2/h38,40H,4-37H2,1-3H3/q+1. The summed E-state index contributed by atoms with van der Waals surface area (Å²) in [6.07, 6.45) is 41.1. The minimum absolute atomic E-state index is 0.101. The largest absolute Gasteiger partial charge is 0.320 e. The molecule has 1 aliphatic rings. The molecular weight excluding hydrogens is 512 g/mol. The maximum absolute atomic E-state index is 13.5. The van der Waals surface area contributed by atoms with Crippen LogP contribution >= 0.6 is 0 Å². The number of likely N-dealkylation sites (N-methyl/N-ethyl adjacent to an activating group) is 1. The molecule has 0 spiro atoms. The minimum Gasteiger partial charge on any atom is -0.320 e. The number of nitrogens with one attached hydrogen (secondary N) is 1. The van der Waals surface area contributed by atoms with Gasteiger partial charge >= 0.3 is 0 Å². The van der Waals surface area contributed by atoms with Crippen LogP contribution in [0, 0.1) is 0 Å². The molecule has 3 heteroatoms. The van der Waals surface area contributed by atoms with Gasteiger partial charge in [-0.15, -0.1) is 0 Å². The van der Waals surface area contributed by atoms with Crippen LogP contribution in [-0.2, 0) is 4.79 Å². The number of ketones is 1. The Morgan fingerprint density at radius 3 is 1.31 bits per heavy atom. The predicted molar refractivity (Wildman–Crippen MR) is 187 cm³/mol. The summed E-state index contributed by atoms with van der Waals surface area (Å²) in [6, 6.07) is 0.101. The first kappa shape index (κ1) is 39.6. The molecule has 1 atom stereocenters. The first-order chi connectivity index (χ1) is 20.6. The fourth-order valence-electron chi connectivity index (χ4n) is 7.08. The summed E-state index contributed by atoms with van der Waals surface area (Å²) in [5.74, 6) is 0.497. The van der Waals surface area contributed by atoms with Crippen LogP contribution in [0.25, 0.3) is 0 Å². The van der Waals surface area contributed by atoms with E-state index in [1.165, 1.54) is 199 Å². The number of Topliss-reactive ketones (excluding diaryl/α,β-unsaturated/α-hetero) is 1. The average Bonchev–Trinajstić information content (AvgIpc) is 3.13. The molecule has 0 saturated carbocycles. The van der Waals surface area contributed by atoms with E-state index in [-0.39, 0.29) is 6.04 Å². The van der Waals surface area contributed by atoms with Gasteiger partial charge in [0.25, 0.3) is 0 Å². The van der Waals surface area contributed by atoms with E-state index < -0.39 is 0 Å². The minimum atomic E-state index is 0.101. The van der Waals surface area contributed by atoms with E-state index in [2.05, 4.69) is 26.2 Å². The van der Waals surface area contributed by atoms with Crippen molar-refractivity contribution in [1.29, 1.82) is 0 Å². The Kier molecular flexibility index (Phi) is 27.6.